The van der Waals surface area contributed by atoms with Gasteiger partial charge in [0, 0.05) is 26.9 Å². The molecular formula is C34H40N4O7. The number of amides is 4. The van der Waals surface area contributed by atoms with Crippen LogP contribution < -0.4 is 24.8 Å². The van der Waals surface area contributed by atoms with Crippen LogP contribution in [0.25, 0.3) is 0 Å². The maximum absolute atomic E-state index is 13.6. The Kier molecular flexibility index (Phi) is 11.8. The number of fused-ring (bicyclic) bond motifs is 1. The largest absolute Gasteiger partial charge is 0.493 e. The summed E-state index contributed by atoms with van der Waals surface area (Å²) >= 11 is 0. The van der Waals surface area contributed by atoms with E-state index in [0.717, 1.165) is 5.56 Å². The fourth-order valence-corrected chi connectivity index (χ4v) is 4.94. The Hall–Kier alpha value is -5.06. The van der Waals surface area contributed by atoms with Crippen LogP contribution in [0.4, 0.5) is 0 Å². The van der Waals surface area contributed by atoms with Crippen molar-refractivity contribution in [3.63, 3.8) is 0 Å². The number of nitrogens with one attached hydrogen (secondary N) is 2. The number of ether oxygens (including phenoxy) is 3. The van der Waals surface area contributed by atoms with Crippen LogP contribution in [0.1, 0.15) is 28.8 Å². The first-order valence-corrected chi connectivity index (χ1v) is 14.9. The van der Waals surface area contributed by atoms with E-state index in [9.17, 15) is 19.2 Å². The molecule has 45 heavy (non-hydrogen) atoms. The molecule has 0 saturated heterocycles. The average Bonchev–Trinajstić information content (AvgIpc) is 3.06. The number of carbonyl (C=O) groups excluding carboxylic acids is 4. The number of methoxy groups -OCH3 is 1. The Morgan fingerprint density at radius 1 is 0.956 bits per heavy atom. The fraction of sp³-hybridized carbons (Fsp3) is 0.353. The van der Waals surface area contributed by atoms with Gasteiger partial charge in [-0.05, 0) is 36.2 Å². The third kappa shape index (κ3) is 9.21. The van der Waals surface area contributed by atoms with Crippen LogP contribution in [0.3, 0.4) is 0 Å². The number of nitrogens with zero attached hydrogens (tertiary/aromatic N) is 2. The first-order valence-electron chi connectivity index (χ1n) is 14.9. The normalized spacial score (nSPS) is 17.8. The van der Waals surface area contributed by atoms with Crippen LogP contribution in [0, 0.1) is 0 Å². The highest BCUT2D eigenvalue weighted by molar-refractivity contribution is 5.99. The number of benzene rings is 3. The number of likely N-dealkylation sites (N-methyl/N-ethyl adjacent to an activating group) is 2. The van der Waals surface area contributed by atoms with E-state index in [-0.39, 0.29) is 56.5 Å². The number of para-hydroxylation sites is 3. The Morgan fingerprint density at radius 3 is 2.40 bits per heavy atom. The summed E-state index contributed by atoms with van der Waals surface area (Å²) in [5, 5.41) is 5.67. The minimum absolute atomic E-state index is 0.0131. The van der Waals surface area contributed by atoms with Gasteiger partial charge < -0.3 is 34.6 Å². The standard InChI is InChI=1S/C34H40N4O7/c1-37(20-22-45-30-16-10-9-15-29(30)43-3)33(41)26-17-18-31(39)35-27(23-24-11-5-4-6-12-24)34(42)38(2)19-21-44-28-14-8-7-13-25(28)32(40)36-26/h4-16,26-27H,17-23H2,1-3H3,(H,35,39)(H,36,40)/t26-,27+/m0/s1. The second-order valence-corrected chi connectivity index (χ2v) is 10.7. The van der Waals surface area contributed by atoms with E-state index in [4.69, 9.17) is 14.2 Å². The van der Waals surface area contributed by atoms with Gasteiger partial charge in [0.05, 0.1) is 25.8 Å². The number of rotatable bonds is 8. The van der Waals surface area contributed by atoms with Gasteiger partial charge in [0.2, 0.25) is 17.7 Å². The molecule has 2 N–H and O–H groups in total. The average molecular weight is 617 g/mol. The van der Waals surface area contributed by atoms with Crippen molar-refractivity contribution in [3.05, 3.63) is 90.0 Å². The van der Waals surface area contributed by atoms with E-state index in [0.29, 0.717) is 23.7 Å². The first-order chi connectivity index (χ1) is 21.8. The zero-order chi connectivity index (χ0) is 32.2. The van der Waals surface area contributed by atoms with E-state index in [1.165, 1.54) is 9.80 Å². The van der Waals surface area contributed by atoms with E-state index in [2.05, 4.69) is 10.6 Å². The summed E-state index contributed by atoms with van der Waals surface area (Å²) in [6.07, 6.45) is 0.218. The molecule has 0 aromatic heterocycles. The number of carbonyl (C=O) groups is 4. The smallest absolute Gasteiger partial charge is 0.255 e. The third-order valence-electron chi connectivity index (χ3n) is 7.50. The molecule has 2 atom stereocenters. The van der Waals surface area contributed by atoms with Gasteiger partial charge in [-0.1, -0.05) is 54.6 Å². The monoisotopic (exact) mass is 616 g/mol. The maximum atomic E-state index is 13.6. The summed E-state index contributed by atoms with van der Waals surface area (Å²) in [6, 6.07) is 21.5. The lowest BCUT2D eigenvalue weighted by Gasteiger charge is -2.26. The Balaban J connectivity index is 1.52. The Morgan fingerprint density at radius 2 is 1.64 bits per heavy atom. The minimum atomic E-state index is -1.02. The van der Waals surface area contributed by atoms with Crippen LogP contribution in [-0.4, -0.2) is 93.0 Å². The molecule has 1 heterocycles. The molecule has 11 nitrogen and oxygen atoms in total. The zero-order valence-corrected chi connectivity index (χ0v) is 25.9. The topological polar surface area (TPSA) is 127 Å². The summed E-state index contributed by atoms with van der Waals surface area (Å²) in [5.74, 6) is -0.132. The van der Waals surface area contributed by atoms with Gasteiger partial charge in [0.15, 0.2) is 11.5 Å². The second kappa shape index (κ2) is 16.1. The van der Waals surface area contributed by atoms with Crippen molar-refractivity contribution >= 4 is 23.6 Å². The first kappa shape index (κ1) is 32.8. The van der Waals surface area contributed by atoms with E-state index >= 15 is 0 Å². The Labute approximate surface area is 263 Å². The lowest BCUT2D eigenvalue weighted by molar-refractivity contribution is -0.136. The van der Waals surface area contributed by atoms with Gasteiger partial charge >= 0.3 is 0 Å². The highest BCUT2D eigenvalue weighted by Gasteiger charge is 2.29. The molecule has 0 radical (unpaired) electrons. The van der Waals surface area contributed by atoms with Crippen molar-refractivity contribution < 1.29 is 33.4 Å². The van der Waals surface area contributed by atoms with Crippen molar-refractivity contribution in [2.45, 2.75) is 31.3 Å². The molecule has 0 bridgehead atoms. The van der Waals surface area contributed by atoms with Crippen LogP contribution in [-0.2, 0) is 20.8 Å². The van der Waals surface area contributed by atoms with E-state index in [1.54, 1.807) is 57.6 Å². The van der Waals surface area contributed by atoms with Gasteiger partial charge in [-0.25, -0.2) is 0 Å². The van der Waals surface area contributed by atoms with Gasteiger partial charge in [0.1, 0.15) is 31.0 Å². The summed E-state index contributed by atoms with van der Waals surface area (Å²) in [7, 11) is 4.80. The summed E-state index contributed by atoms with van der Waals surface area (Å²) in [5.41, 5.74) is 1.14. The molecule has 4 amide bonds. The van der Waals surface area contributed by atoms with E-state index < -0.39 is 23.9 Å². The molecule has 0 aliphatic carbocycles. The van der Waals surface area contributed by atoms with Gasteiger partial charge in [0.25, 0.3) is 5.91 Å². The highest BCUT2D eigenvalue weighted by atomic mass is 16.5. The summed E-state index contributed by atoms with van der Waals surface area (Å²) in [4.78, 5) is 56.7. The lowest BCUT2D eigenvalue weighted by Crippen LogP contribution is -2.50. The minimum Gasteiger partial charge on any atom is -0.493 e. The van der Waals surface area contributed by atoms with Crippen LogP contribution in [0.2, 0.25) is 0 Å². The zero-order valence-electron chi connectivity index (χ0n) is 25.9. The molecule has 1 aliphatic heterocycles. The maximum Gasteiger partial charge on any atom is 0.255 e. The quantitative estimate of drug-likeness (QED) is 0.399. The predicted molar refractivity (Wildman–Crippen MR) is 168 cm³/mol. The van der Waals surface area contributed by atoms with Crippen molar-refractivity contribution in [3.8, 4) is 17.2 Å². The van der Waals surface area contributed by atoms with Crippen LogP contribution in [0.15, 0.2) is 78.9 Å². The van der Waals surface area contributed by atoms with Crippen molar-refractivity contribution in [2.24, 2.45) is 0 Å². The molecule has 11 heteroatoms. The number of hydrogen-bond acceptors (Lipinski definition) is 7. The molecule has 0 spiro atoms. The molecule has 0 unspecified atom stereocenters. The molecule has 4 rings (SSSR count). The van der Waals surface area contributed by atoms with Crippen molar-refractivity contribution in [2.75, 3.05) is 47.5 Å². The molecule has 3 aromatic rings. The summed E-state index contributed by atoms with van der Waals surface area (Å²) < 4.78 is 17.1. The Bertz CT molecular complexity index is 1470. The molecular weight excluding hydrogens is 576 g/mol. The van der Waals surface area contributed by atoms with Gasteiger partial charge in [-0.2, -0.15) is 0 Å². The molecule has 238 valence electrons. The fourth-order valence-electron chi connectivity index (χ4n) is 4.94. The molecule has 3 aromatic carbocycles. The molecule has 0 fully saturated rings. The van der Waals surface area contributed by atoms with Crippen molar-refractivity contribution in [1.29, 1.82) is 0 Å². The number of hydrogen-bond donors (Lipinski definition) is 2. The van der Waals surface area contributed by atoms with Crippen LogP contribution >= 0.6 is 0 Å². The molecule has 0 saturated carbocycles. The third-order valence-corrected chi connectivity index (χ3v) is 7.50. The second-order valence-electron chi connectivity index (χ2n) is 10.7. The van der Waals surface area contributed by atoms with Gasteiger partial charge in [-0.15, -0.1) is 0 Å². The highest BCUT2D eigenvalue weighted by Crippen LogP contribution is 2.25. The SMILES string of the molecule is COc1ccccc1OCCN(C)C(=O)[C@@H]1CCC(=O)N[C@H](Cc2ccccc2)C(=O)N(C)CCOc2ccccc2C(=O)N1. The van der Waals surface area contributed by atoms with Gasteiger partial charge in [-0.3, -0.25) is 19.2 Å². The predicted octanol–water partition coefficient (Wildman–Crippen LogP) is 2.69. The summed E-state index contributed by atoms with van der Waals surface area (Å²) in [6.45, 7) is 0.751. The van der Waals surface area contributed by atoms with Crippen LogP contribution in [0.5, 0.6) is 17.2 Å². The lowest BCUT2D eigenvalue weighted by atomic mass is 10.0. The molecule has 1 aliphatic rings. The van der Waals surface area contributed by atoms with Crippen molar-refractivity contribution in [1.82, 2.24) is 20.4 Å². The van der Waals surface area contributed by atoms with E-state index in [1.807, 2.05) is 42.5 Å².